The number of nitrogens with zero attached hydrogens (tertiary/aromatic N) is 2. The number of aliphatic hydroxyl groups is 1. The van der Waals surface area contributed by atoms with Crippen LogP contribution in [0, 0.1) is 40.7 Å². The van der Waals surface area contributed by atoms with Crippen molar-refractivity contribution in [3.05, 3.63) is 45.6 Å². The first-order chi connectivity index (χ1) is 24.6. The Morgan fingerprint density at radius 1 is 1.12 bits per heavy atom. The van der Waals surface area contributed by atoms with Gasteiger partial charge in [0.25, 0.3) is 11.0 Å². The van der Waals surface area contributed by atoms with Crippen molar-refractivity contribution in [3.8, 4) is 0 Å². The number of nitrogens with two attached hydrogens (primary N) is 1. The molecule has 1 aliphatic rings. The molecular formula is C37H59N5O10. The minimum absolute atomic E-state index is 0.0439. The van der Waals surface area contributed by atoms with Gasteiger partial charge in [-0.2, -0.15) is 0 Å². The molecule has 0 saturated carbocycles. The highest BCUT2D eigenvalue weighted by Crippen LogP contribution is 2.39. The number of amides is 2. The molecule has 2 aromatic rings. The van der Waals surface area contributed by atoms with Crippen molar-refractivity contribution in [1.29, 1.82) is 0 Å². The van der Waals surface area contributed by atoms with Crippen LogP contribution in [-0.4, -0.2) is 95.9 Å². The van der Waals surface area contributed by atoms with E-state index < -0.39 is 48.1 Å². The fourth-order valence-corrected chi connectivity index (χ4v) is 7.19. The number of rotatable bonds is 20. The summed E-state index contributed by atoms with van der Waals surface area (Å²) in [5.41, 5.74) is 10.3. The number of aromatic amines is 1. The lowest BCUT2D eigenvalue weighted by molar-refractivity contribution is -0.777. The third-order valence-electron chi connectivity index (χ3n) is 10.3. The van der Waals surface area contributed by atoms with Crippen LogP contribution in [0.2, 0.25) is 0 Å². The number of ether oxygens (including phenoxy) is 3. The first-order valence-electron chi connectivity index (χ1n) is 18.3. The quantitative estimate of drug-likeness (QED) is 0.0477. The Hall–Kier alpha value is -3.95. The summed E-state index contributed by atoms with van der Waals surface area (Å²) >= 11 is 0. The molecule has 1 saturated heterocycles. The summed E-state index contributed by atoms with van der Waals surface area (Å²) in [5, 5.41) is 25.0. The van der Waals surface area contributed by atoms with Gasteiger partial charge in [0.05, 0.1) is 6.10 Å². The minimum Gasteiger partial charge on any atom is -0.424 e. The molecule has 1 aromatic carbocycles. The smallest absolute Gasteiger partial charge is 0.424 e. The van der Waals surface area contributed by atoms with Gasteiger partial charge >= 0.3 is 6.16 Å². The molecule has 5 N–H and O–H groups in total. The zero-order valence-corrected chi connectivity index (χ0v) is 31.7. The molecule has 0 aliphatic carbocycles. The van der Waals surface area contributed by atoms with Gasteiger partial charge in [-0.1, -0.05) is 39.8 Å². The number of likely N-dealkylation sites (tertiary alicyclic amines) is 1. The number of benzene rings is 1. The van der Waals surface area contributed by atoms with Crippen LogP contribution in [0.25, 0.3) is 10.9 Å². The van der Waals surface area contributed by atoms with Crippen molar-refractivity contribution >= 4 is 28.9 Å². The highest BCUT2D eigenvalue weighted by atomic mass is 17.0. The van der Waals surface area contributed by atoms with Crippen molar-refractivity contribution in [2.24, 2.45) is 29.4 Å². The number of fused-ring (bicyclic) bond motifs is 1. The Morgan fingerprint density at radius 2 is 1.81 bits per heavy atom. The van der Waals surface area contributed by atoms with Gasteiger partial charge in [0.15, 0.2) is 6.61 Å². The lowest BCUT2D eigenvalue weighted by Crippen LogP contribution is -2.50. The van der Waals surface area contributed by atoms with Crippen LogP contribution in [0.5, 0.6) is 0 Å². The van der Waals surface area contributed by atoms with Crippen molar-refractivity contribution < 1.29 is 43.6 Å². The lowest BCUT2D eigenvalue weighted by atomic mass is 9.72. The molecule has 52 heavy (non-hydrogen) atoms. The zero-order valence-electron chi connectivity index (χ0n) is 31.7. The predicted octanol–water partition coefficient (Wildman–Crippen LogP) is 4.81. The van der Waals surface area contributed by atoms with Crippen molar-refractivity contribution in [2.45, 2.75) is 110 Å². The fraction of sp³-hybridized carbons (Fsp3) is 0.703. The van der Waals surface area contributed by atoms with Gasteiger partial charge in [-0.05, 0) is 93.2 Å². The van der Waals surface area contributed by atoms with Gasteiger partial charge in [0.1, 0.15) is 0 Å². The summed E-state index contributed by atoms with van der Waals surface area (Å²) in [6.45, 7) is 12.3. The van der Waals surface area contributed by atoms with E-state index in [1.54, 1.807) is 7.11 Å². The van der Waals surface area contributed by atoms with Gasteiger partial charge < -0.3 is 40.3 Å². The number of hydrogen-bond donors (Lipinski definition) is 4. The molecule has 2 heterocycles. The van der Waals surface area contributed by atoms with E-state index in [1.165, 1.54) is 21.4 Å². The zero-order chi connectivity index (χ0) is 38.5. The first kappa shape index (κ1) is 42.5. The average molecular weight is 734 g/mol. The molecule has 3 rings (SSSR count). The van der Waals surface area contributed by atoms with E-state index in [9.17, 15) is 29.6 Å². The second-order valence-electron chi connectivity index (χ2n) is 14.7. The number of aryl methyl sites for hydroxylation is 1. The second kappa shape index (κ2) is 20.3. The highest BCUT2D eigenvalue weighted by molar-refractivity contribution is 5.83. The number of H-pyrrole nitrogens is 1. The van der Waals surface area contributed by atoms with Gasteiger partial charge in [0.2, 0.25) is 12.2 Å². The molecule has 292 valence electrons. The van der Waals surface area contributed by atoms with E-state index in [2.05, 4.69) is 58.8 Å². The summed E-state index contributed by atoms with van der Waals surface area (Å²) in [6.07, 6.45) is 2.04. The van der Waals surface area contributed by atoms with Gasteiger partial charge in [0, 0.05) is 61.9 Å². The van der Waals surface area contributed by atoms with Crippen LogP contribution in [-0.2, 0) is 28.6 Å². The van der Waals surface area contributed by atoms with Gasteiger partial charge in [-0.25, -0.2) is 4.79 Å². The van der Waals surface area contributed by atoms with E-state index >= 15 is 0 Å². The number of aromatic nitrogens is 1. The third kappa shape index (κ3) is 12.6. The van der Waals surface area contributed by atoms with Crippen molar-refractivity contribution in [2.75, 3.05) is 33.4 Å². The molecule has 0 radical (unpaired) electrons. The molecule has 6 atom stereocenters. The Balaban J connectivity index is 1.56. The maximum absolute atomic E-state index is 13.6. The number of hydrogen-bond acceptors (Lipinski definition) is 11. The van der Waals surface area contributed by atoms with Crippen LogP contribution in [0.3, 0.4) is 0 Å². The molecule has 15 nitrogen and oxygen atoms in total. The molecule has 2 unspecified atom stereocenters. The highest BCUT2D eigenvalue weighted by Gasteiger charge is 2.34. The predicted molar refractivity (Wildman–Crippen MR) is 194 cm³/mol. The number of methoxy groups -OCH3 is 1. The van der Waals surface area contributed by atoms with Crippen LogP contribution < -0.4 is 11.1 Å². The van der Waals surface area contributed by atoms with E-state index in [0.717, 1.165) is 25.3 Å². The Kier molecular flexibility index (Phi) is 16.6. The van der Waals surface area contributed by atoms with Gasteiger partial charge in [-0.15, -0.1) is 10.1 Å². The number of aliphatic hydroxyl groups excluding tert-OH is 1. The molecule has 2 amide bonds. The summed E-state index contributed by atoms with van der Waals surface area (Å²) in [4.78, 5) is 57.1. The molecule has 0 bridgehead atoms. The number of carbonyl (C=O) groups is 3. The largest absolute Gasteiger partial charge is 0.510 e. The second-order valence-corrected chi connectivity index (χ2v) is 14.7. The Morgan fingerprint density at radius 3 is 2.42 bits per heavy atom. The van der Waals surface area contributed by atoms with Crippen LogP contribution in [0.4, 0.5) is 4.79 Å². The van der Waals surface area contributed by atoms with E-state index in [-0.39, 0.29) is 36.1 Å². The Bertz CT molecular complexity index is 1460. The topological polar surface area (TPSA) is 209 Å². The minimum atomic E-state index is -1.48. The normalized spacial score (nSPS) is 17.3. The molecule has 1 aliphatic heterocycles. The standard InChI is InChI=1S/C37H59N5O10/c1-22(2)30(29(9-8-16-49-7)26-10-11-28-24(5)20-39-33(28)17-26)18-32(38)34(43)19-31(23(3)4)36(45)40-27-12-14-41(15-13-27)35(44)21-50-37(46)51-25(6)52-42(47)48/h10-11,17,20,22-23,25,27,29-32,34,39,43H,8-9,12-16,18-19,21,38H2,1-7H3,(H,40,45)/t25?,29?,30-,31-,32-,34-/m0/s1. The SMILES string of the molecule is COCCCC(c1ccc2c(C)c[nH]c2c1)[C@@H](C[C@H](N)[C@@H](O)C[C@H](C(=O)NC1CCN(C(=O)COC(=O)OC(C)O[N+](=O)[O-])CC1)C(C)C)C(C)C. The lowest BCUT2D eigenvalue weighted by Gasteiger charge is -2.36. The summed E-state index contributed by atoms with van der Waals surface area (Å²) in [6, 6.07) is 5.92. The van der Waals surface area contributed by atoms with Crippen molar-refractivity contribution in [1.82, 2.24) is 15.2 Å². The van der Waals surface area contributed by atoms with Crippen molar-refractivity contribution in [3.63, 3.8) is 0 Å². The first-order valence-corrected chi connectivity index (χ1v) is 18.3. The van der Waals surface area contributed by atoms with Crippen LogP contribution in [0.15, 0.2) is 24.4 Å². The van der Waals surface area contributed by atoms with Crippen LogP contribution >= 0.6 is 0 Å². The maximum atomic E-state index is 13.6. The number of carbonyl (C=O) groups excluding carboxylic acids is 3. The Labute approximate surface area is 306 Å². The number of piperidine rings is 1. The summed E-state index contributed by atoms with van der Waals surface area (Å²) in [5.74, 6) is -0.418. The maximum Gasteiger partial charge on any atom is 0.510 e. The third-order valence-corrected chi connectivity index (χ3v) is 10.3. The monoisotopic (exact) mass is 733 g/mol. The molecule has 1 fully saturated rings. The van der Waals surface area contributed by atoms with E-state index in [0.29, 0.717) is 44.9 Å². The average Bonchev–Trinajstić information content (AvgIpc) is 3.46. The summed E-state index contributed by atoms with van der Waals surface area (Å²) < 4.78 is 14.7. The molecular weight excluding hydrogens is 674 g/mol. The molecule has 0 spiro atoms. The van der Waals surface area contributed by atoms with E-state index in [1.807, 2.05) is 20.0 Å². The van der Waals surface area contributed by atoms with E-state index in [4.69, 9.17) is 15.2 Å². The number of nitrogens with one attached hydrogen (secondary N) is 2. The van der Waals surface area contributed by atoms with Gasteiger partial charge in [-0.3, -0.25) is 14.4 Å². The fourth-order valence-electron chi connectivity index (χ4n) is 7.19. The summed E-state index contributed by atoms with van der Waals surface area (Å²) in [7, 11) is 1.71. The molecule has 1 aromatic heterocycles. The molecule has 15 heteroatoms. The van der Waals surface area contributed by atoms with Crippen LogP contribution in [0.1, 0.15) is 90.2 Å².